The van der Waals surface area contributed by atoms with Gasteiger partial charge < -0.3 is 9.84 Å². The van der Waals surface area contributed by atoms with Crippen molar-refractivity contribution in [1.82, 2.24) is 4.90 Å². The van der Waals surface area contributed by atoms with Crippen LogP contribution < -0.4 is 4.74 Å². The summed E-state index contributed by atoms with van der Waals surface area (Å²) in [7, 11) is 1.30. The summed E-state index contributed by atoms with van der Waals surface area (Å²) in [4.78, 5) is 30.8. The zero-order valence-electron chi connectivity index (χ0n) is 18.4. The second kappa shape index (κ2) is 9.80. The number of ether oxygens (including phenoxy) is 1. The molecule has 0 unspecified atom stereocenters. The third kappa shape index (κ3) is 4.65. The number of para-hydroxylation sites is 1. The molecule has 4 rings (SSSR count). The largest absolute Gasteiger partial charge is 0.500 e. The number of benzene rings is 3. The van der Waals surface area contributed by atoms with E-state index in [4.69, 9.17) is 9.73 Å². The Hall–Kier alpha value is -4.11. The third-order valence-electron chi connectivity index (χ3n) is 5.28. The Labute approximate surface area is 200 Å². The first-order valence-electron chi connectivity index (χ1n) is 10.4. The Bertz CT molecular complexity index is 1290. The maximum Gasteiger partial charge on any atom is 0.315 e. The van der Waals surface area contributed by atoms with Gasteiger partial charge in [0.15, 0.2) is 10.9 Å². The molecule has 0 radical (unpaired) electrons. The molecular weight excluding hydrogens is 454 g/mol. The van der Waals surface area contributed by atoms with Crippen LogP contribution in [0.25, 0.3) is 6.08 Å². The van der Waals surface area contributed by atoms with Crippen molar-refractivity contribution in [2.75, 3.05) is 7.11 Å². The molecule has 0 aromatic heterocycles. The van der Waals surface area contributed by atoms with Gasteiger partial charge in [-0.3, -0.25) is 19.8 Å². The minimum absolute atomic E-state index is 0.0517. The average molecular weight is 476 g/mol. The van der Waals surface area contributed by atoms with Crippen LogP contribution in [0.4, 0.5) is 11.4 Å². The number of nitro groups is 1. The lowest BCUT2D eigenvalue weighted by Gasteiger charge is -2.24. The average Bonchev–Trinajstić information content (AvgIpc) is 3.14. The molecule has 1 aliphatic rings. The number of aliphatic imine (C=N–C) groups is 1. The van der Waals surface area contributed by atoms with Gasteiger partial charge in [0, 0.05) is 6.07 Å². The molecule has 1 N–H and O–H groups in total. The lowest BCUT2D eigenvalue weighted by molar-refractivity contribution is -0.386. The zero-order chi connectivity index (χ0) is 24.2. The van der Waals surface area contributed by atoms with Gasteiger partial charge in [-0.2, -0.15) is 0 Å². The number of phenolic OH excluding ortho intramolecular Hbond substituents is 1. The smallest absolute Gasteiger partial charge is 0.315 e. The molecular formula is C25H21N3O5S. The van der Waals surface area contributed by atoms with Crippen molar-refractivity contribution in [2.45, 2.75) is 13.0 Å². The van der Waals surface area contributed by atoms with E-state index < -0.39 is 16.4 Å². The third-order valence-corrected chi connectivity index (χ3v) is 6.26. The van der Waals surface area contributed by atoms with E-state index in [1.54, 1.807) is 11.0 Å². The van der Waals surface area contributed by atoms with Crippen molar-refractivity contribution >= 4 is 40.3 Å². The minimum Gasteiger partial charge on any atom is -0.500 e. The van der Waals surface area contributed by atoms with E-state index in [0.717, 1.165) is 5.56 Å². The summed E-state index contributed by atoms with van der Waals surface area (Å²) in [6.45, 7) is 1.92. The van der Waals surface area contributed by atoms with Crippen molar-refractivity contribution in [1.29, 1.82) is 0 Å². The normalized spacial score (nSPS) is 16.8. The summed E-state index contributed by atoms with van der Waals surface area (Å²) < 4.78 is 5.08. The molecule has 3 aromatic carbocycles. The molecule has 3 aromatic rings. The fraction of sp³-hybridized carbons (Fsp3) is 0.120. The van der Waals surface area contributed by atoms with Crippen LogP contribution in [0.3, 0.4) is 0 Å². The van der Waals surface area contributed by atoms with Crippen molar-refractivity contribution in [3.63, 3.8) is 0 Å². The summed E-state index contributed by atoms with van der Waals surface area (Å²) >= 11 is 1.19. The highest BCUT2D eigenvalue weighted by Crippen LogP contribution is 2.41. The molecule has 9 heteroatoms. The number of phenols is 1. The number of carbonyl (C=O) groups is 1. The fourth-order valence-electron chi connectivity index (χ4n) is 3.54. The molecule has 1 amide bonds. The molecule has 0 bridgehead atoms. The Kier molecular flexibility index (Phi) is 6.65. The Morgan fingerprint density at radius 3 is 2.38 bits per heavy atom. The van der Waals surface area contributed by atoms with Gasteiger partial charge in [-0.05, 0) is 54.1 Å². The lowest BCUT2D eigenvalue weighted by Crippen LogP contribution is -2.32. The van der Waals surface area contributed by atoms with Gasteiger partial charge in [-0.15, -0.1) is 0 Å². The Balaban J connectivity index is 1.79. The number of rotatable bonds is 6. The van der Waals surface area contributed by atoms with Gasteiger partial charge in [0.2, 0.25) is 5.75 Å². The number of thioether (sulfide) groups is 1. The number of aromatic hydroxyl groups is 1. The van der Waals surface area contributed by atoms with Gasteiger partial charge >= 0.3 is 5.69 Å². The molecule has 1 fully saturated rings. The van der Waals surface area contributed by atoms with Crippen LogP contribution in [0.1, 0.15) is 24.1 Å². The number of methoxy groups -OCH3 is 1. The molecule has 34 heavy (non-hydrogen) atoms. The maximum absolute atomic E-state index is 13.5. The van der Waals surface area contributed by atoms with Crippen LogP contribution in [0.2, 0.25) is 0 Å². The zero-order valence-corrected chi connectivity index (χ0v) is 19.2. The van der Waals surface area contributed by atoms with E-state index >= 15 is 0 Å². The highest BCUT2D eigenvalue weighted by atomic mass is 32.2. The number of nitrogens with zero attached hydrogens (tertiary/aromatic N) is 3. The van der Waals surface area contributed by atoms with Crippen molar-refractivity contribution in [3.05, 3.63) is 98.9 Å². The van der Waals surface area contributed by atoms with Gasteiger partial charge in [0.25, 0.3) is 5.91 Å². The van der Waals surface area contributed by atoms with Gasteiger partial charge in [-0.25, -0.2) is 4.99 Å². The van der Waals surface area contributed by atoms with E-state index in [9.17, 15) is 20.0 Å². The SMILES string of the molecule is COc1cc(/C=C2/SC(=Nc3ccccc3)N([C@H](C)c3ccccc3)C2=O)cc([N+](=O)[O-])c1O. The highest BCUT2D eigenvalue weighted by molar-refractivity contribution is 8.18. The first-order valence-corrected chi connectivity index (χ1v) is 11.2. The predicted molar refractivity (Wildman–Crippen MR) is 132 cm³/mol. The fourth-order valence-corrected chi connectivity index (χ4v) is 4.61. The standard InChI is InChI=1S/C25H21N3O5S/c1-16(18-9-5-3-6-10-18)27-24(30)22(34-25(27)26-19-11-7-4-8-12-19)15-17-13-20(28(31)32)23(29)21(14-17)33-2/h3-16,29H,1-2H3/b22-15+,26-25?/t16-/m1/s1. The second-order valence-corrected chi connectivity index (χ2v) is 8.46. The number of nitro benzene ring substituents is 1. The minimum atomic E-state index is -0.699. The number of hydrogen-bond acceptors (Lipinski definition) is 7. The number of carbonyl (C=O) groups excluding carboxylic acids is 1. The summed E-state index contributed by atoms with van der Waals surface area (Å²) in [5.41, 5.74) is 1.49. The van der Waals surface area contributed by atoms with Gasteiger partial charge in [-0.1, -0.05) is 48.5 Å². The summed E-state index contributed by atoms with van der Waals surface area (Å²) in [6, 6.07) is 21.3. The number of amidine groups is 1. The molecule has 0 aliphatic carbocycles. The van der Waals surface area contributed by atoms with Gasteiger partial charge in [0.1, 0.15) is 0 Å². The molecule has 8 nitrogen and oxygen atoms in total. The quantitative estimate of drug-likeness (QED) is 0.280. The molecule has 1 atom stereocenters. The molecule has 1 heterocycles. The van der Waals surface area contributed by atoms with Crippen molar-refractivity contribution in [3.8, 4) is 11.5 Å². The first-order chi connectivity index (χ1) is 16.4. The summed E-state index contributed by atoms with van der Waals surface area (Å²) in [6.07, 6.45) is 1.54. The van der Waals surface area contributed by atoms with Crippen LogP contribution in [0.15, 0.2) is 82.7 Å². The first kappa shape index (κ1) is 23.1. The summed E-state index contributed by atoms with van der Waals surface area (Å²) in [5.74, 6) is -0.888. The van der Waals surface area contributed by atoms with Crippen LogP contribution in [-0.4, -0.2) is 33.1 Å². The van der Waals surface area contributed by atoms with Crippen molar-refractivity contribution in [2.24, 2.45) is 4.99 Å². The molecule has 0 saturated carbocycles. The van der Waals surface area contributed by atoms with Crippen LogP contribution in [-0.2, 0) is 4.79 Å². The van der Waals surface area contributed by atoms with E-state index in [2.05, 4.69) is 0 Å². The van der Waals surface area contributed by atoms with E-state index in [1.807, 2.05) is 67.6 Å². The van der Waals surface area contributed by atoms with Gasteiger partial charge in [0.05, 0.1) is 28.7 Å². The maximum atomic E-state index is 13.5. The van der Waals surface area contributed by atoms with Crippen LogP contribution in [0, 0.1) is 10.1 Å². The number of amides is 1. The highest BCUT2D eigenvalue weighted by Gasteiger charge is 2.37. The topological polar surface area (TPSA) is 105 Å². The molecule has 172 valence electrons. The predicted octanol–water partition coefficient (Wildman–Crippen LogP) is 5.67. The van der Waals surface area contributed by atoms with Crippen molar-refractivity contribution < 1.29 is 19.6 Å². The lowest BCUT2D eigenvalue weighted by atomic mass is 10.1. The Morgan fingerprint density at radius 1 is 1.12 bits per heavy atom. The Morgan fingerprint density at radius 2 is 1.76 bits per heavy atom. The van der Waals surface area contributed by atoms with E-state index in [-0.39, 0.29) is 17.7 Å². The molecule has 0 spiro atoms. The van der Waals surface area contributed by atoms with Crippen LogP contribution >= 0.6 is 11.8 Å². The second-order valence-electron chi connectivity index (χ2n) is 7.45. The summed E-state index contributed by atoms with van der Waals surface area (Å²) in [5, 5.41) is 21.9. The van der Waals surface area contributed by atoms with E-state index in [0.29, 0.717) is 21.3 Å². The monoisotopic (exact) mass is 475 g/mol. The van der Waals surface area contributed by atoms with E-state index in [1.165, 1.54) is 31.0 Å². The molecule has 1 aliphatic heterocycles. The molecule has 1 saturated heterocycles. The number of hydrogen-bond donors (Lipinski definition) is 1. The van der Waals surface area contributed by atoms with Crippen LogP contribution in [0.5, 0.6) is 11.5 Å².